The number of aryl methyl sites for hydroxylation is 3. The topological polar surface area (TPSA) is 68.2 Å². The van der Waals surface area contributed by atoms with Crippen molar-refractivity contribution in [3.63, 3.8) is 0 Å². The third-order valence-corrected chi connectivity index (χ3v) is 7.28. The molecular formula is C29H29NO5. The predicted octanol–water partition coefficient (Wildman–Crippen LogP) is 4.23. The highest BCUT2D eigenvalue weighted by Crippen LogP contribution is 2.36. The van der Waals surface area contributed by atoms with Gasteiger partial charge in [0.15, 0.2) is 17.6 Å². The van der Waals surface area contributed by atoms with Crippen molar-refractivity contribution >= 4 is 5.91 Å². The highest BCUT2D eigenvalue weighted by atomic mass is 16.7. The highest BCUT2D eigenvalue weighted by Gasteiger charge is 2.32. The molecule has 0 spiro atoms. The van der Waals surface area contributed by atoms with E-state index in [1.54, 1.807) is 6.07 Å². The van der Waals surface area contributed by atoms with Gasteiger partial charge in [0, 0.05) is 19.5 Å². The van der Waals surface area contributed by atoms with Gasteiger partial charge in [0.2, 0.25) is 6.79 Å². The molecule has 1 atom stereocenters. The summed E-state index contributed by atoms with van der Waals surface area (Å²) in [5.74, 6) is 2.73. The number of hydrogen-bond acceptors (Lipinski definition) is 5. The summed E-state index contributed by atoms with van der Waals surface area (Å²) in [5, 5.41) is 10.5. The lowest BCUT2D eigenvalue weighted by molar-refractivity contribution is -0.138. The first-order valence-electron chi connectivity index (χ1n) is 12.4. The molecule has 180 valence electrons. The van der Waals surface area contributed by atoms with E-state index in [1.165, 1.54) is 11.1 Å². The van der Waals surface area contributed by atoms with Crippen molar-refractivity contribution in [3.05, 3.63) is 82.4 Å². The molecular weight excluding hydrogens is 442 g/mol. The lowest BCUT2D eigenvalue weighted by Crippen LogP contribution is -2.43. The van der Waals surface area contributed by atoms with Gasteiger partial charge >= 0.3 is 0 Å². The van der Waals surface area contributed by atoms with Crippen LogP contribution in [0.4, 0.5) is 0 Å². The number of hydrogen-bond donors (Lipinski definition) is 1. The number of aromatic hydroxyl groups is 1. The number of amides is 1. The monoisotopic (exact) mass is 471 g/mol. The number of para-hydroxylation sites is 1. The molecule has 0 saturated carbocycles. The molecule has 3 aliphatic rings. The van der Waals surface area contributed by atoms with Crippen LogP contribution >= 0.6 is 0 Å². The molecule has 6 heteroatoms. The van der Waals surface area contributed by atoms with E-state index in [0.717, 1.165) is 66.0 Å². The Morgan fingerprint density at radius 3 is 2.40 bits per heavy atom. The number of benzene rings is 3. The molecule has 0 saturated heterocycles. The van der Waals surface area contributed by atoms with E-state index < -0.39 is 6.10 Å². The fourth-order valence-corrected chi connectivity index (χ4v) is 5.34. The Bertz CT molecular complexity index is 1240. The molecule has 0 aliphatic carbocycles. The molecule has 6 nitrogen and oxygen atoms in total. The molecule has 6 rings (SSSR count). The van der Waals surface area contributed by atoms with E-state index in [2.05, 4.69) is 18.2 Å². The summed E-state index contributed by atoms with van der Waals surface area (Å²) in [5.41, 5.74) is 5.55. The van der Waals surface area contributed by atoms with Gasteiger partial charge in [-0.2, -0.15) is 0 Å². The van der Waals surface area contributed by atoms with Gasteiger partial charge in [-0.1, -0.05) is 30.3 Å². The molecule has 3 aliphatic heterocycles. The third-order valence-electron chi connectivity index (χ3n) is 7.28. The summed E-state index contributed by atoms with van der Waals surface area (Å²) < 4.78 is 17.3. The summed E-state index contributed by atoms with van der Waals surface area (Å²) in [6.07, 6.45) is 4.11. The summed E-state index contributed by atoms with van der Waals surface area (Å²) in [4.78, 5) is 15.5. The van der Waals surface area contributed by atoms with E-state index in [9.17, 15) is 9.90 Å². The molecule has 1 unspecified atom stereocenters. The van der Waals surface area contributed by atoms with Crippen molar-refractivity contribution in [2.75, 3.05) is 19.9 Å². The first-order chi connectivity index (χ1) is 17.1. The van der Waals surface area contributed by atoms with Crippen LogP contribution in [-0.4, -0.2) is 41.9 Å². The number of fused-ring (bicyclic) bond motifs is 5. The van der Waals surface area contributed by atoms with Gasteiger partial charge in [-0.3, -0.25) is 4.79 Å². The zero-order valence-corrected chi connectivity index (χ0v) is 19.7. The van der Waals surface area contributed by atoms with E-state index >= 15 is 0 Å². The Balaban J connectivity index is 1.28. The maximum atomic E-state index is 13.6. The second-order valence-corrected chi connectivity index (χ2v) is 9.53. The minimum atomic E-state index is -0.473. The van der Waals surface area contributed by atoms with Crippen molar-refractivity contribution in [2.45, 2.75) is 44.6 Å². The van der Waals surface area contributed by atoms with Gasteiger partial charge in [-0.05, 0) is 84.2 Å². The van der Waals surface area contributed by atoms with Crippen molar-refractivity contribution in [1.29, 1.82) is 0 Å². The Morgan fingerprint density at radius 2 is 1.57 bits per heavy atom. The van der Waals surface area contributed by atoms with Crippen LogP contribution in [-0.2, 0) is 36.9 Å². The van der Waals surface area contributed by atoms with Crippen molar-refractivity contribution in [3.8, 4) is 23.0 Å². The van der Waals surface area contributed by atoms with Crippen LogP contribution in [0.25, 0.3) is 0 Å². The van der Waals surface area contributed by atoms with E-state index in [-0.39, 0.29) is 12.7 Å². The lowest BCUT2D eigenvalue weighted by atomic mass is 9.95. The first-order valence-corrected chi connectivity index (χ1v) is 12.4. The quantitative estimate of drug-likeness (QED) is 0.575. The summed E-state index contributed by atoms with van der Waals surface area (Å²) in [6, 6.07) is 17.8. The second kappa shape index (κ2) is 9.17. The first kappa shape index (κ1) is 21.8. The van der Waals surface area contributed by atoms with Crippen LogP contribution in [0.1, 0.15) is 34.2 Å². The third kappa shape index (κ3) is 4.41. The minimum absolute atomic E-state index is 0.0426. The van der Waals surface area contributed by atoms with E-state index in [1.807, 2.05) is 35.2 Å². The van der Waals surface area contributed by atoms with Gasteiger partial charge in [0.1, 0.15) is 11.5 Å². The molecule has 3 aromatic carbocycles. The number of phenols is 1. The number of phenolic OH excluding ortho intramolecular Hbond substituents is 1. The Morgan fingerprint density at radius 1 is 0.800 bits per heavy atom. The van der Waals surface area contributed by atoms with Gasteiger partial charge in [0.25, 0.3) is 5.91 Å². The average molecular weight is 472 g/mol. The number of rotatable bonds is 1. The molecule has 3 heterocycles. The van der Waals surface area contributed by atoms with Crippen molar-refractivity contribution in [1.82, 2.24) is 4.90 Å². The average Bonchev–Trinajstić information content (AvgIpc) is 3.51. The molecule has 2 bridgehead atoms. The molecule has 0 fully saturated rings. The van der Waals surface area contributed by atoms with Crippen LogP contribution in [0.5, 0.6) is 23.0 Å². The van der Waals surface area contributed by atoms with Crippen LogP contribution in [0, 0.1) is 0 Å². The largest absolute Gasteiger partial charge is 0.508 e. The van der Waals surface area contributed by atoms with Gasteiger partial charge < -0.3 is 24.2 Å². The van der Waals surface area contributed by atoms with E-state index in [0.29, 0.717) is 25.3 Å². The number of carbonyl (C=O) groups is 1. The summed E-state index contributed by atoms with van der Waals surface area (Å²) >= 11 is 0. The maximum Gasteiger partial charge on any atom is 0.264 e. The number of carbonyl (C=O) groups excluding carboxylic acids is 1. The Kier molecular flexibility index (Phi) is 5.72. The second-order valence-electron chi connectivity index (χ2n) is 9.53. The minimum Gasteiger partial charge on any atom is -0.508 e. The zero-order valence-electron chi connectivity index (χ0n) is 19.7. The number of ether oxygens (including phenoxy) is 3. The zero-order chi connectivity index (χ0) is 23.8. The maximum absolute atomic E-state index is 13.6. The molecule has 0 radical (unpaired) electrons. The van der Waals surface area contributed by atoms with Crippen molar-refractivity contribution in [2.24, 2.45) is 0 Å². The van der Waals surface area contributed by atoms with Crippen molar-refractivity contribution < 1.29 is 24.1 Å². The molecule has 1 N–H and O–H groups in total. The highest BCUT2D eigenvalue weighted by molar-refractivity contribution is 5.82. The SMILES string of the molecule is O=C(C1Cc2ccccc2O1)N1CCCc2cc3c(cc2CCc2cc(ccc2O)CC1)OCO3. The number of nitrogens with zero attached hydrogens (tertiary/aromatic N) is 1. The van der Waals surface area contributed by atoms with Crippen LogP contribution in [0.3, 0.4) is 0 Å². The van der Waals surface area contributed by atoms with Gasteiger partial charge in [0.05, 0.1) is 0 Å². The summed E-state index contributed by atoms with van der Waals surface area (Å²) in [7, 11) is 0. The standard InChI is InChI=1S/C29H29NO5/c31-24-10-7-19-11-13-30(29(32)28-17-23-4-1-2-6-25(23)35-28)12-3-5-20-15-26-27(34-18-33-26)16-21(20)8-9-22(24)14-19/h1-2,4,6-7,10,14-16,28,31H,3,5,8-9,11-13,17-18H2. The summed E-state index contributed by atoms with van der Waals surface area (Å²) in [6.45, 7) is 1.52. The molecule has 1 amide bonds. The van der Waals surface area contributed by atoms with Gasteiger partial charge in [-0.25, -0.2) is 0 Å². The molecule has 35 heavy (non-hydrogen) atoms. The van der Waals surface area contributed by atoms with Gasteiger partial charge in [-0.15, -0.1) is 0 Å². The Hall–Kier alpha value is -3.67. The fraction of sp³-hybridized carbons (Fsp3) is 0.345. The Labute approximate surface area is 205 Å². The predicted molar refractivity (Wildman–Crippen MR) is 131 cm³/mol. The molecule has 0 aromatic heterocycles. The van der Waals surface area contributed by atoms with E-state index in [4.69, 9.17) is 14.2 Å². The van der Waals surface area contributed by atoms with Crippen LogP contribution < -0.4 is 14.2 Å². The smallest absolute Gasteiger partial charge is 0.264 e. The fourth-order valence-electron chi connectivity index (χ4n) is 5.34. The molecule has 3 aromatic rings. The lowest BCUT2D eigenvalue weighted by Gasteiger charge is -2.26. The van der Waals surface area contributed by atoms with Crippen LogP contribution in [0.15, 0.2) is 54.6 Å². The normalized spacial score (nSPS) is 19.0. The van der Waals surface area contributed by atoms with Crippen LogP contribution in [0.2, 0.25) is 0 Å².